The SMILES string of the molecule is O=C1CN(C(=O)C(c2ccccc2)c2ccccc2)CCCN1. The van der Waals surface area contributed by atoms with Crippen LogP contribution in [0, 0.1) is 0 Å². The summed E-state index contributed by atoms with van der Waals surface area (Å²) in [7, 11) is 0. The average molecular weight is 308 g/mol. The minimum absolute atomic E-state index is 0.0144. The number of nitrogens with zero attached hydrogens (tertiary/aromatic N) is 1. The molecule has 0 atom stereocenters. The fraction of sp³-hybridized carbons (Fsp3) is 0.263. The third-order valence-electron chi connectivity index (χ3n) is 4.09. The van der Waals surface area contributed by atoms with Gasteiger partial charge in [-0.05, 0) is 17.5 Å². The maximum Gasteiger partial charge on any atom is 0.239 e. The van der Waals surface area contributed by atoms with Crippen LogP contribution < -0.4 is 5.32 Å². The Labute approximate surface area is 136 Å². The summed E-state index contributed by atoms with van der Waals surface area (Å²) in [6, 6.07) is 19.5. The molecule has 0 aliphatic carbocycles. The van der Waals surface area contributed by atoms with E-state index in [1.165, 1.54) is 0 Å². The van der Waals surface area contributed by atoms with Crippen LogP contribution in [0.3, 0.4) is 0 Å². The molecule has 0 saturated carbocycles. The fourth-order valence-corrected chi connectivity index (χ4v) is 2.95. The van der Waals surface area contributed by atoms with E-state index >= 15 is 0 Å². The molecule has 4 heteroatoms. The van der Waals surface area contributed by atoms with E-state index in [4.69, 9.17) is 0 Å². The number of nitrogens with one attached hydrogen (secondary N) is 1. The van der Waals surface area contributed by atoms with Crippen molar-refractivity contribution in [3.8, 4) is 0 Å². The Morgan fingerprint density at radius 3 is 2.09 bits per heavy atom. The number of carbonyl (C=O) groups is 2. The number of amides is 2. The van der Waals surface area contributed by atoms with Crippen LogP contribution in [0.4, 0.5) is 0 Å². The third kappa shape index (κ3) is 3.59. The van der Waals surface area contributed by atoms with Gasteiger partial charge in [0.15, 0.2) is 0 Å². The third-order valence-corrected chi connectivity index (χ3v) is 4.09. The standard InChI is InChI=1S/C19H20N2O2/c22-17-14-21(13-7-12-20-17)19(23)18(15-8-3-1-4-9-15)16-10-5-2-6-11-16/h1-6,8-11,18H,7,12-14H2,(H,20,22). The molecule has 1 N–H and O–H groups in total. The van der Waals surface area contributed by atoms with Gasteiger partial charge in [-0.15, -0.1) is 0 Å². The van der Waals surface area contributed by atoms with E-state index in [-0.39, 0.29) is 24.3 Å². The lowest BCUT2D eigenvalue weighted by molar-refractivity contribution is -0.135. The Morgan fingerprint density at radius 1 is 0.957 bits per heavy atom. The quantitative estimate of drug-likeness (QED) is 0.945. The summed E-state index contributed by atoms with van der Waals surface area (Å²) in [4.78, 5) is 26.6. The van der Waals surface area contributed by atoms with E-state index in [0.29, 0.717) is 13.1 Å². The Morgan fingerprint density at radius 2 is 1.52 bits per heavy atom. The lowest BCUT2D eigenvalue weighted by Crippen LogP contribution is -2.40. The van der Waals surface area contributed by atoms with Gasteiger partial charge in [0.25, 0.3) is 0 Å². The van der Waals surface area contributed by atoms with Crippen molar-refractivity contribution in [2.45, 2.75) is 12.3 Å². The molecule has 1 heterocycles. The molecule has 4 nitrogen and oxygen atoms in total. The van der Waals surface area contributed by atoms with Crippen molar-refractivity contribution in [1.29, 1.82) is 0 Å². The first-order valence-electron chi connectivity index (χ1n) is 7.91. The van der Waals surface area contributed by atoms with E-state index in [1.807, 2.05) is 60.7 Å². The molecule has 1 aliphatic heterocycles. The van der Waals surface area contributed by atoms with Gasteiger partial charge in [0.2, 0.25) is 11.8 Å². The van der Waals surface area contributed by atoms with Crippen LogP contribution in [-0.4, -0.2) is 36.3 Å². The van der Waals surface area contributed by atoms with Gasteiger partial charge in [0.05, 0.1) is 12.5 Å². The van der Waals surface area contributed by atoms with Crippen LogP contribution in [0.25, 0.3) is 0 Å². The normalized spacial score (nSPS) is 15.2. The van der Waals surface area contributed by atoms with E-state index < -0.39 is 0 Å². The Bertz CT molecular complexity index is 631. The van der Waals surface area contributed by atoms with Crippen molar-refractivity contribution >= 4 is 11.8 Å². The molecule has 118 valence electrons. The summed E-state index contributed by atoms with van der Waals surface area (Å²) in [6.45, 7) is 1.37. The Hall–Kier alpha value is -2.62. The van der Waals surface area contributed by atoms with Crippen molar-refractivity contribution < 1.29 is 9.59 Å². The molecular weight excluding hydrogens is 288 g/mol. The predicted octanol–water partition coefficient (Wildman–Crippen LogP) is 2.17. The molecule has 0 spiro atoms. The van der Waals surface area contributed by atoms with E-state index in [2.05, 4.69) is 5.32 Å². The summed E-state index contributed by atoms with van der Waals surface area (Å²) in [5.74, 6) is -0.474. The van der Waals surface area contributed by atoms with Crippen molar-refractivity contribution in [3.05, 3.63) is 71.8 Å². The Kier molecular flexibility index (Phi) is 4.71. The molecule has 1 saturated heterocycles. The van der Waals surface area contributed by atoms with Gasteiger partial charge in [-0.1, -0.05) is 60.7 Å². The highest BCUT2D eigenvalue weighted by atomic mass is 16.2. The van der Waals surface area contributed by atoms with E-state index in [0.717, 1.165) is 17.5 Å². The van der Waals surface area contributed by atoms with Gasteiger partial charge in [-0.3, -0.25) is 9.59 Å². The predicted molar refractivity (Wildman–Crippen MR) is 88.9 cm³/mol. The second kappa shape index (κ2) is 7.09. The molecule has 23 heavy (non-hydrogen) atoms. The molecule has 2 aromatic rings. The highest BCUT2D eigenvalue weighted by Crippen LogP contribution is 2.27. The fourth-order valence-electron chi connectivity index (χ4n) is 2.95. The molecule has 0 radical (unpaired) electrons. The van der Waals surface area contributed by atoms with Gasteiger partial charge in [0, 0.05) is 13.1 Å². The molecule has 2 amide bonds. The largest absolute Gasteiger partial charge is 0.354 e. The highest BCUT2D eigenvalue weighted by Gasteiger charge is 2.29. The van der Waals surface area contributed by atoms with Crippen LogP contribution in [0.5, 0.6) is 0 Å². The molecule has 2 aromatic carbocycles. The smallest absolute Gasteiger partial charge is 0.239 e. The molecular formula is C19H20N2O2. The minimum Gasteiger partial charge on any atom is -0.354 e. The van der Waals surface area contributed by atoms with Crippen LogP contribution in [-0.2, 0) is 9.59 Å². The first kappa shape index (κ1) is 15.3. The van der Waals surface area contributed by atoms with Crippen LogP contribution in [0.15, 0.2) is 60.7 Å². The zero-order chi connectivity index (χ0) is 16.1. The van der Waals surface area contributed by atoms with Crippen LogP contribution in [0.1, 0.15) is 23.5 Å². The molecule has 0 aromatic heterocycles. The number of carbonyl (C=O) groups excluding carboxylic acids is 2. The summed E-state index contributed by atoms with van der Waals surface area (Å²) in [5, 5.41) is 2.82. The Balaban J connectivity index is 1.95. The average Bonchev–Trinajstić information content (AvgIpc) is 2.81. The number of hydrogen-bond donors (Lipinski definition) is 1. The monoisotopic (exact) mass is 308 g/mol. The molecule has 1 aliphatic rings. The second-order valence-corrected chi connectivity index (χ2v) is 5.72. The molecule has 0 unspecified atom stereocenters. The van der Waals surface area contributed by atoms with Crippen molar-refractivity contribution in [3.63, 3.8) is 0 Å². The first-order valence-corrected chi connectivity index (χ1v) is 7.91. The van der Waals surface area contributed by atoms with Crippen molar-refractivity contribution in [2.24, 2.45) is 0 Å². The maximum absolute atomic E-state index is 13.1. The van der Waals surface area contributed by atoms with Gasteiger partial charge >= 0.3 is 0 Å². The van der Waals surface area contributed by atoms with E-state index in [9.17, 15) is 9.59 Å². The zero-order valence-electron chi connectivity index (χ0n) is 12.9. The summed E-state index contributed by atoms with van der Waals surface area (Å²) >= 11 is 0. The van der Waals surface area contributed by atoms with Crippen molar-refractivity contribution in [2.75, 3.05) is 19.6 Å². The maximum atomic E-state index is 13.1. The number of rotatable bonds is 3. The molecule has 0 bridgehead atoms. The molecule has 1 fully saturated rings. The zero-order valence-corrected chi connectivity index (χ0v) is 12.9. The second-order valence-electron chi connectivity index (χ2n) is 5.72. The number of hydrogen-bond acceptors (Lipinski definition) is 2. The van der Waals surface area contributed by atoms with Gasteiger partial charge in [0.1, 0.15) is 0 Å². The van der Waals surface area contributed by atoms with Crippen LogP contribution >= 0.6 is 0 Å². The van der Waals surface area contributed by atoms with Gasteiger partial charge in [-0.2, -0.15) is 0 Å². The number of benzene rings is 2. The summed E-state index contributed by atoms with van der Waals surface area (Å²) in [6.07, 6.45) is 0.785. The molecule has 3 rings (SSSR count). The summed E-state index contributed by atoms with van der Waals surface area (Å²) in [5.41, 5.74) is 1.90. The lowest BCUT2D eigenvalue weighted by atomic mass is 9.90. The van der Waals surface area contributed by atoms with Gasteiger partial charge < -0.3 is 10.2 Å². The topological polar surface area (TPSA) is 49.4 Å². The van der Waals surface area contributed by atoms with Gasteiger partial charge in [-0.25, -0.2) is 0 Å². The summed E-state index contributed by atoms with van der Waals surface area (Å²) < 4.78 is 0. The van der Waals surface area contributed by atoms with E-state index in [1.54, 1.807) is 4.90 Å². The van der Waals surface area contributed by atoms with Crippen molar-refractivity contribution in [1.82, 2.24) is 10.2 Å². The minimum atomic E-state index is -0.372. The first-order chi connectivity index (χ1) is 11.3. The lowest BCUT2D eigenvalue weighted by Gasteiger charge is -2.26. The van der Waals surface area contributed by atoms with Crippen LogP contribution in [0.2, 0.25) is 0 Å². The highest BCUT2D eigenvalue weighted by molar-refractivity contribution is 5.91.